The van der Waals surface area contributed by atoms with Gasteiger partial charge in [-0.2, -0.15) is 0 Å². The van der Waals surface area contributed by atoms with Crippen molar-refractivity contribution in [1.29, 1.82) is 0 Å². The summed E-state index contributed by atoms with van der Waals surface area (Å²) in [6.07, 6.45) is -1.19. The highest BCUT2D eigenvalue weighted by Gasteiger charge is 2.63. The van der Waals surface area contributed by atoms with E-state index in [0.717, 1.165) is 0 Å². The summed E-state index contributed by atoms with van der Waals surface area (Å²) in [5, 5.41) is 13.9. The Morgan fingerprint density at radius 2 is 2.32 bits per heavy atom. The molecular weight excluding hydrogens is 248 g/mol. The first-order valence-corrected chi connectivity index (χ1v) is 5.85. The minimum absolute atomic E-state index is 0.252. The fraction of sp³-hybridized carbons (Fsp3) is 0.417. The van der Waals surface area contributed by atoms with Crippen LogP contribution in [0, 0.1) is 0 Å². The number of ketones is 1. The Kier molecular flexibility index (Phi) is 2.50. The van der Waals surface area contributed by atoms with E-state index >= 15 is 0 Å². The second-order valence-electron chi connectivity index (χ2n) is 4.57. The maximum Gasteiger partial charge on any atom is 0.232 e. The van der Waals surface area contributed by atoms with Gasteiger partial charge in [0.05, 0.1) is 11.7 Å². The normalized spacial score (nSPS) is 31.9. The van der Waals surface area contributed by atoms with Crippen LogP contribution in [0.2, 0.25) is 0 Å². The van der Waals surface area contributed by atoms with Crippen LogP contribution in [0.3, 0.4) is 0 Å². The molecule has 1 aromatic carbocycles. The number of hydrogen-bond donors (Lipinski definition) is 1. The molecule has 3 rings (SSSR count). The van der Waals surface area contributed by atoms with Crippen molar-refractivity contribution in [2.24, 2.45) is 5.11 Å². The monoisotopic (exact) mass is 260 g/mol. The van der Waals surface area contributed by atoms with Crippen LogP contribution in [0.25, 0.3) is 10.4 Å². The van der Waals surface area contributed by atoms with Gasteiger partial charge in [-0.05, 0) is 17.7 Å². The molecule has 7 heteroatoms. The average Bonchev–Trinajstić information content (AvgIpc) is 2.85. The zero-order valence-corrected chi connectivity index (χ0v) is 10.2. The van der Waals surface area contributed by atoms with E-state index < -0.39 is 17.9 Å². The second-order valence-corrected chi connectivity index (χ2v) is 4.57. The molecule has 19 heavy (non-hydrogen) atoms. The highest BCUT2D eigenvalue weighted by Crippen LogP contribution is 2.46. The molecule has 98 valence electrons. The van der Waals surface area contributed by atoms with E-state index in [9.17, 15) is 9.90 Å². The molecule has 2 heterocycles. The van der Waals surface area contributed by atoms with Crippen LogP contribution >= 0.6 is 0 Å². The molecule has 1 fully saturated rings. The maximum atomic E-state index is 12.5. The van der Waals surface area contributed by atoms with Crippen LogP contribution in [-0.4, -0.2) is 42.4 Å². The lowest BCUT2D eigenvalue weighted by atomic mass is 9.98. The number of carbonyl (C=O) groups excluding carboxylic acids is 1. The molecule has 0 amide bonds. The smallest absolute Gasteiger partial charge is 0.232 e. The number of ether oxygens (including phenoxy) is 1. The fourth-order valence-corrected chi connectivity index (χ4v) is 2.96. The number of aliphatic hydroxyl groups excluding tert-OH is 1. The zero-order valence-electron chi connectivity index (χ0n) is 10.2. The number of aliphatic hydroxyl groups is 1. The molecular formula is C12H12N4O3. The summed E-state index contributed by atoms with van der Waals surface area (Å²) in [5.41, 5.74) is 8.27. The van der Waals surface area contributed by atoms with Crippen LogP contribution in [0.4, 0.5) is 5.69 Å². The predicted octanol–water partition coefficient (Wildman–Crippen LogP) is 1.09. The van der Waals surface area contributed by atoms with Crippen LogP contribution in [-0.2, 0) is 4.74 Å². The summed E-state index contributed by atoms with van der Waals surface area (Å²) < 4.78 is 5.35. The standard InChI is InChI=1S/C12H12N4O3/c1-19-12-10(17)7-4-2-3-5-9(7)16(12)6-8(11(12)18)14-15-13/h2-5,8,11,18H,6H2,1H3/t8-,11+,12?/m0/s1. The van der Waals surface area contributed by atoms with Crippen molar-refractivity contribution >= 4 is 11.5 Å². The van der Waals surface area contributed by atoms with Gasteiger partial charge in [0, 0.05) is 24.1 Å². The molecule has 0 aliphatic carbocycles. The first-order chi connectivity index (χ1) is 9.16. The van der Waals surface area contributed by atoms with Crippen molar-refractivity contribution in [3.63, 3.8) is 0 Å². The maximum absolute atomic E-state index is 12.5. The van der Waals surface area contributed by atoms with E-state index in [1.807, 2.05) is 6.07 Å². The summed E-state index contributed by atoms with van der Waals surface area (Å²) >= 11 is 0. The highest BCUT2D eigenvalue weighted by atomic mass is 16.5. The Morgan fingerprint density at radius 3 is 3.00 bits per heavy atom. The first-order valence-electron chi connectivity index (χ1n) is 5.85. The predicted molar refractivity (Wildman–Crippen MR) is 66.8 cm³/mol. The number of methoxy groups -OCH3 is 1. The van der Waals surface area contributed by atoms with Gasteiger partial charge in [0.15, 0.2) is 0 Å². The number of nitrogens with zero attached hydrogens (tertiary/aromatic N) is 4. The van der Waals surface area contributed by atoms with Crippen molar-refractivity contribution in [3.8, 4) is 0 Å². The number of benzene rings is 1. The number of Topliss-reactive ketones (excluding diaryl/α,β-unsaturated/α-hetero) is 1. The lowest BCUT2D eigenvalue weighted by Gasteiger charge is -2.32. The summed E-state index contributed by atoms with van der Waals surface area (Å²) in [4.78, 5) is 16.9. The SMILES string of the molecule is COC12C(=O)c3ccccc3N1C[C@H](N=[N+]=[N-])[C@H]2O. The topological polar surface area (TPSA) is 98.5 Å². The molecule has 7 nitrogen and oxygen atoms in total. The van der Waals surface area contributed by atoms with Crippen LogP contribution < -0.4 is 4.90 Å². The Labute approximate surface area is 109 Å². The molecule has 1 aromatic rings. The van der Waals surface area contributed by atoms with Crippen LogP contribution in [0.15, 0.2) is 29.4 Å². The van der Waals surface area contributed by atoms with E-state index in [-0.39, 0.29) is 12.3 Å². The highest BCUT2D eigenvalue weighted by molar-refractivity contribution is 6.14. The van der Waals surface area contributed by atoms with Gasteiger partial charge >= 0.3 is 0 Å². The van der Waals surface area contributed by atoms with Gasteiger partial charge < -0.3 is 14.7 Å². The minimum atomic E-state index is -1.47. The lowest BCUT2D eigenvalue weighted by molar-refractivity contribution is -0.0568. The summed E-state index contributed by atoms with van der Waals surface area (Å²) in [7, 11) is 1.37. The fourth-order valence-electron chi connectivity index (χ4n) is 2.96. The van der Waals surface area contributed by atoms with Crippen LogP contribution in [0.5, 0.6) is 0 Å². The van der Waals surface area contributed by atoms with E-state index in [1.165, 1.54) is 7.11 Å². The third kappa shape index (κ3) is 1.29. The molecule has 0 bridgehead atoms. The molecule has 0 saturated carbocycles. The molecule has 0 radical (unpaired) electrons. The summed E-state index contributed by atoms with van der Waals surface area (Å²) in [6.45, 7) is 0.252. The number of para-hydroxylation sites is 1. The number of hydrogen-bond acceptors (Lipinski definition) is 5. The first kappa shape index (κ1) is 12.0. The van der Waals surface area contributed by atoms with Crippen molar-refractivity contribution in [2.75, 3.05) is 18.6 Å². The van der Waals surface area contributed by atoms with Crippen LogP contribution in [0.1, 0.15) is 10.4 Å². The Hall–Kier alpha value is -2.08. The number of rotatable bonds is 2. The molecule has 1 saturated heterocycles. The third-order valence-corrected chi connectivity index (χ3v) is 3.81. The summed E-state index contributed by atoms with van der Waals surface area (Å²) in [5.74, 6) is -0.297. The van der Waals surface area contributed by atoms with E-state index in [1.54, 1.807) is 23.1 Å². The number of carbonyl (C=O) groups is 1. The van der Waals surface area contributed by atoms with Gasteiger partial charge in [-0.25, -0.2) is 0 Å². The van der Waals surface area contributed by atoms with Crippen molar-refractivity contribution in [2.45, 2.75) is 17.9 Å². The van der Waals surface area contributed by atoms with Gasteiger partial charge in [-0.3, -0.25) is 4.79 Å². The van der Waals surface area contributed by atoms with Gasteiger partial charge in [0.1, 0.15) is 6.10 Å². The molecule has 2 aliphatic rings. The molecule has 0 aromatic heterocycles. The van der Waals surface area contributed by atoms with Gasteiger partial charge in [-0.1, -0.05) is 17.2 Å². The zero-order chi connectivity index (χ0) is 13.6. The van der Waals surface area contributed by atoms with Crippen molar-refractivity contribution in [3.05, 3.63) is 40.3 Å². The number of azide groups is 1. The largest absolute Gasteiger partial charge is 0.387 e. The van der Waals surface area contributed by atoms with Gasteiger partial charge in [-0.15, -0.1) is 0 Å². The van der Waals surface area contributed by atoms with Crippen molar-refractivity contribution in [1.82, 2.24) is 0 Å². The third-order valence-electron chi connectivity index (χ3n) is 3.81. The van der Waals surface area contributed by atoms with Crippen molar-refractivity contribution < 1.29 is 14.6 Å². The molecule has 1 N–H and O–H groups in total. The molecule has 2 aliphatic heterocycles. The number of fused-ring (bicyclic) bond motifs is 3. The van der Waals surface area contributed by atoms with E-state index in [4.69, 9.17) is 10.3 Å². The average molecular weight is 260 g/mol. The van der Waals surface area contributed by atoms with E-state index in [2.05, 4.69) is 10.0 Å². The second kappa shape index (κ2) is 3.96. The quantitative estimate of drug-likeness (QED) is 0.488. The lowest BCUT2D eigenvalue weighted by Crippen LogP contribution is -2.55. The van der Waals surface area contributed by atoms with Gasteiger partial charge in [0.2, 0.25) is 11.5 Å². The minimum Gasteiger partial charge on any atom is -0.387 e. The van der Waals surface area contributed by atoms with E-state index in [0.29, 0.717) is 11.3 Å². The van der Waals surface area contributed by atoms with Gasteiger partial charge in [0.25, 0.3) is 0 Å². The molecule has 3 atom stereocenters. The Balaban J connectivity index is 2.17. The molecule has 0 spiro atoms. The summed E-state index contributed by atoms with van der Waals surface area (Å²) in [6, 6.07) is 6.36. The number of anilines is 1. The Morgan fingerprint density at radius 1 is 1.58 bits per heavy atom. The molecule has 1 unspecified atom stereocenters. The Bertz CT molecular complexity index is 598.